The molecule has 72 valence electrons. The van der Waals surface area contributed by atoms with Crippen molar-refractivity contribution in [2.24, 2.45) is 5.41 Å². The van der Waals surface area contributed by atoms with Crippen LogP contribution in [0.4, 0.5) is 0 Å². The van der Waals surface area contributed by atoms with Gasteiger partial charge in [0.05, 0.1) is 0 Å². The molecular formula is C11H15ClS. The minimum absolute atomic E-state index is 0.433. The van der Waals surface area contributed by atoms with Gasteiger partial charge in [-0.1, -0.05) is 12.8 Å². The van der Waals surface area contributed by atoms with Crippen LogP contribution >= 0.6 is 22.9 Å². The average Bonchev–Trinajstić information content (AvgIpc) is 2.77. The number of hydrogen-bond acceptors (Lipinski definition) is 1. The summed E-state index contributed by atoms with van der Waals surface area (Å²) < 4.78 is 0. The lowest BCUT2D eigenvalue weighted by Gasteiger charge is -2.25. The van der Waals surface area contributed by atoms with Crippen molar-refractivity contribution in [1.82, 2.24) is 0 Å². The van der Waals surface area contributed by atoms with E-state index in [1.807, 2.05) is 0 Å². The molecule has 0 nitrogen and oxygen atoms in total. The largest absolute Gasteiger partial charge is 0.152 e. The molecule has 2 rings (SSSR count). The fourth-order valence-corrected chi connectivity index (χ4v) is 3.34. The third-order valence-electron chi connectivity index (χ3n) is 3.11. The average molecular weight is 215 g/mol. The molecule has 0 saturated heterocycles. The summed E-state index contributed by atoms with van der Waals surface area (Å²) in [7, 11) is 0. The van der Waals surface area contributed by atoms with Crippen molar-refractivity contribution in [2.75, 3.05) is 5.88 Å². The van der Waals surface area contributed by atoms with Crippen LogP contribution in [0.5, 0.6) is 0 Å². The van der Waals surface area contributed by atoms with Crippen molar-refractivity contribution < 1.29 is 0 Å². The molecule has 1 fully saturated rings. The van der Waals surface area contributed by atoms with Gasteiger partial charge in [-0.05, 0) is 47.1 Å². The summed E-state index contributed by atoms with van der Waals surface area (Å²) in [5.41, 5.74) is 1.91. The standard InChI is InChI=1S/C11H15ClS/c12-9-11(4-1-2-5-11)7-10-3-6-13-8-10/h3,6,8H,1-2,4-5,7,9H2. The first-order chi connectivity index (χ1) is 6.35. The van der Waals surface area contributed by atoms with Crippen LogP contribution in [0.15, 0.2) is 16.8 Å². The Balaban J connectivity index is 2.06. The van der Waals surface area contributed by atoms with Crippen LogP contribution in [0.2, 0.25) is 0 Å². The van der Waals surface area contributed by atoms with Crippen LogP contribution in [0.3, 0.4) is 0 Å². The lowest BCUT2D eigenvalue weighted by Crippen LogP contribution is -2.21. The van der Waals surface area contributed by atoms with Gasteiger partial charge in [-0.2, -0.15) is 11.3 Å². The van der Waals surface area contributed by atoms with Crippen LogP contribution in [-0.2, 0) is 6.42 Å². The fourth-order valence-electron chi connectivity index (χ4n) is 2.31. The molecule has 0 bridgehead atoms. The molecule has 13 heavy (non-hydrogen) atoms. The SMILES string of the molecule is ClCC1(Cc2ccsc2)CCCC1. The van der Waals surface area contributed by atoms with Crippen LogP contribution < -0.4 is 0 Å². The Morgan fingerprint density at radius 2 is 2.15 bits per heavy atom. The van der Waals surface area contributed by atoms with Crippen LogP contribution in [0.1, 0.15) is 31.2 Å². The number of thiophene rings is 1. The Morgan fingerprint density at radius 3 is 2.69 bits per heavy atom. The molecule has 1 aliphatic rings. The van der Waals surface area contributed by atoms with Gasteiger partial charge < -0.3 is 0 Å². The van der Waals surface area contributed by atoms with Crippen molar-refractivity contribution in [3.63, 3.8) is 0 Å². The van der Waals surface area contributed by atoms with Crippen LogP contribution in [0.25, 0.3) is 0 Å². The predicted octanol–water partition coefficient (Wildman–Crippen LogP) is 4.09. The molecule has 1 aliphatic carbocycles. The van der Waals surface area contributed by atoms with Crippen molar-refractivity contribution in [3.8, 4) is 0 Å². The lowest BCUT2D eigenvalue weighted by atomic mass is 9.83. The lowest BCUT2D eigenvalue weighted by molar-refractivity contribution is 0.341. The fraction of sp³-hybridized carbons (Fsp3) is 0.636. The van der Waals surface area contributed by atoms with E-state index in [4.69, 9.17) is 11.6 Å². The maximum Gasteiger partial charge on any atom is 0.0283 e. The first kappa shape index (κ1) is 9.54. The van der Waals surface area contributed by atoms with Crippen molar-refractivity contribution in [3.05, 3.63) is 22.4 Å². The van der Waals surface area contributed by atoms with E-state index in [9.17, 15) is 0 Å². The molecule has 0 aromatic carbocycles. The second-order valence-corrected chi connectivity index (χ2v) is 5.20. The molecule has 1 heterocycles. The summed E-state index contributed by atoms with van der Waals surface area (Å²) in [4.78, 5) is 0. The molecule has 0 amide bonds. The van der Waals surface area contributed by atoms with Gasteiger partial charge in [-0.25, -0.2) is 0 Å². The van der Waals surface area contributed by atoms with Crippen LogP contribution in [0, 0.1) is 5.41 Å². The van der Waals surface area contributed by atoms with Crippen molar-refractivity contribution >= 4 is 22.9 Å². The second kappa shape index (κ2) is 4.02. The van der Waals surface area contributed by atoms with Crippen molar-refractivity contribution in [2.45, 2.75) is 32.1 Å². The smallest absolute Gasteiger partial charge is 0.0283 e. The molecule has 1 aromatic heterocycles. The van der Waals surface area contributed by atoms with E-state index in [0.717, 1.165) is 5.88 Å². The van der Waals surface area contributed by atoms with Gasteiger partial charge in [0.1, 0.15) is 0 Å². The van der Waals surface area contributed by atoms with E-state index < -0.39 is 0 Å². The molecular weight excluding hydrogens is 200 g/mol. The number of rotatable bonds is 3. The van der Waals surface area contributed by atoms with Gasteiger partial charge in [0.2, 0.25) is 0 Å². The van der Waals surface area contributed by atoms with E-state index in [0.29, 0.717) is 5.41 Å². The van der Waals surface area contributed by atoms with E-state index in [1.165, 1.54) is 37.7 Å². The molecule has 1 saturated carbocycles. The maximum atomic E-state index is 6.08. The quantitative estimate of drug-likeness (QED) is 0.665. The van der Waals surface area contributed by atoms with Crippen LogP contribution in [-0.4, -0.2) is 5.88 Å². The third-order valence-corrected chi connectivity index (χ3v) is 4.41. The Hall–Kier alpha value is -0.0100. The van der Waals surface area contributed by atoms with Gasteiger partial charge in [0, 0.05) is 5.88 Å². The monoisotopic (exact) mass is 214 g/mol. The molecule has 0 radical (unpaired) electrons. The zero-order valence-electron chi connectivity index (χ0n) is 7.76. The summed E-state index contributed by atoms with van der Waals surface area (Å²) in [5, 5.41) is 4.42. The summed E-state index contributed by atoms with van der Waals surface area (Å²) in [6.07, 6.45) is 6.59. The highest BCUT2D eigenvalue weighted by Crippen LogP contribution is 2.42. The van der Waals surface area contributed by atoms with Gasteiger partial charge >= 0.3 is 0 Å². The number of hydrogen-bond donors (Lipinski definition) is 0. The third kappa shape index (κ3) is 2.08. The summed E-state index contributed by atoms with van der Waals surface area (Å²) in [6, 6.07) is 2.23. The zero-order valence-corrected chi connectivity index (χ0v) is 9.33. The van der Waals surface area contributed by atoms with Gasteiger partial charge in [0.15, 0.2) is 0 Å². The van der Waals surface area contributed by atoms with E-state index in [2.05, 4.69) is 16.8 Å². The second-order valence-electron chi connectivity index (χ2n) is 4.15. The number of alkyl halides is 1. The highest BCUT2D eigenvalue weighted by Gasteiger charge is 2.32. The first-order valence-corrected chi connectivity index (χ1v) is 6.39. The Bertz CT molecular complexity index is 247. The first-order valence-electron chi connectivity index (χ1n) is 4.92. The van der Waals surface area contributed by atoms with Crippen molar-refractivity contribution in [1.29, 1.82) is 0 Å². The predicted molar refractivity (Wildman–Crippen MR) is 59.6 cm³/mol. The minimum atomic E-state index is 0.433. The summed E-state index contributed by atoms with van der Waals surface area (Å²) in [6.45, 7) is 0. The number of halogens is 1. The van der Waals surface area contributed by atoms with Gasteiger partial charge in [-0.3, -0.25) is 0 Å². The Kier molecular flexibility index (Phi) is 2.95. The van der Waals surface area contributed by atoms with Gasteiger partial charge in [-0.15, -0.1) is 11.6 Å². The molecule has 0 N–H and O–H groups in total. The van der Waals surface area contributed by atoms with E-state index in [-0.39, 0.29) is 0 Å². The molecule has 0 atom stereocenters. The molecule has 0 aliphatic heterocycles. The summed E-state index contributed by atoms with van der Waals surface area (Å²) in [5.74, 6) is 0.836. The summed E-state index contributed by atoms with van der Waals surface area (Å²) >= 11 is 7.87. The topological polar surface area (TPSA) is 0 Å². The Morgan fingerprint density at radius 1 is 1.38 bits per heavy atom. The molecule has 1 aromatic rings. The molecule has 0 unspecified atom stereocenters. The van der Waals surface area contributed by atoms with Gasteiger partial charge in [0.25, 0.3) is 0 Å². The molecule has 2 heteroatoms. The minimum Gasteiger partial charge on any atom is -0.152 e. The van der Waals surface area contributed by atoms with E-state index >= 15 is 0 Å². The molecule has 0 spiro atoms. The van der Waals surface area contributed by atoms with E-state index in [1.54, 1.807) is 11.3 Å². The highest BCUT2D eigenvalue weighted by molar-refractivity contribution is 7.07. The zero-order chi connectivity index (χ0) is 9.15. The Labute approximate surface area is 88.9 Å². The normalized spacial score (nSPS) is 20.7. The maximum absolute atomic E-state index is 6.08. The highest BCUT2D eigenvalue weighted by atomic mass is 35.5.